The molecule has 0 bridgehead atoms. The number of H-pyrrole nitrogens is 1. The van der Waals surface area contributed by atoms with Crippen LogP contribution in [0, 0.1) is 13.8 Å². The van der Waals surface area contributed by atoms with Crippen molar-refractivity contribution in [3.63, 3.8) is 0 Å². The molecule has 1 unspecified atom stereocenters. The molecule has 4 rings (SSSR count). The number of aryl methyl sites for hydroxylation is 2. The number of aromatic amines is 1. The topological polar surface area (TPSA) is 65.2 Å². The summed E-state index contributed by atoms with van der Waals surface area (Å²) in [6.07, 6.45) is 2.04. The second-order valence-corrected chi connectivity index (χ2v) is 6.54. The maximum atomic E-state index is 12.8. The van der Waals surface area contributed by atoms with E-state index in [2.05, 4.69) is 10.3 Å². The van der Waals surface area contributed by atoms with Gasteiger partial charge in [-0.15, -0.1) is 0 Å². The lowest BCUT2D eigenvalue weighted by Crippen LogP contribution is -2.35. The Morgan fingerprint density at radius 2 is 1.92 bits per heavy atom. The van der Waals surface area contributed by atoms with Gasteiger partial charge in [0.05, 0.1) is 12.1 Å². The molecule has 2 amide bonds. The van der Waals surface area contributed by atoms with E-state index in [9.17, 15) is 9.59 Å². The van der Waals surface area contributed by atoms with Crippen molar-refractivity contribution in [2.75, 3.05) is 10.2 Å². The number of aromatic nitrogens is 1. The molecule has 126 valence electrons. The van der Waals surface area contributed by atoms with E-state index >= 15 is 0 Å². The highest BCUT2D eigenvalue weighted by Gasteiger charge is 2.40. The molecular weight excluding hydrogens is 314 g/mol. The van der Waals surface area contributed by atoms with E-state index in [4.69, 9.17) is 0 Å². The van der Waals surface area contributed by atoms with Crippen molar-refractivity contribution < 1.29 is 9.59 Å². The van der Waals surface area contributed by atoms with Gasteiger partial charge in [-0.2, -0.15) is 0 Å². The van der Waals surface area contributed by atoms with Crippen molar-refractivity contribution in [3.8, 4) is 0 Å². The first kappa shape index (κ1) is 15.4. The lowest BCUT2D eigenvalue weighted by Gasteiger charge is -2.18. The molecule has 0 spiro atoms. The van der Waals surface area contributed by atoms with E-state index in [1.54, 1.807) is 0 Å². The van der Waals surface area contributed by atoms with Crippen LogP contribution in [-0.4, -0.2) is 22.8 Å². The van der Waals surface area contributed by atoms with Crippen LogP contribution in [-0.2, 0) is 9.59 Å². The van der Waals surface area contributed by atoms with Gasteiger partial charge in [0.25, 0.3) is 5.91 Å². The molecule has 2 N–H and O–H groups in total. The SMILES string of the molecule is Cc1ccc(N2C(=O)CC(Nc3ccc4cc[nH]c4c3)C2=O)c(C)c1. The number of carbonyl (C=O) groups is 2. The number of anilines is 2. The number of hydrogen-bond acceptors (Lipinski definition) is 3. The van der Waals surface area contributed by atoms with Crippen molar-refractivity contribution in [1.29, 1.82) is 0 Å². The van der Waals surface area contributed by atoms with E-state index in [-0.39, 0.29) is 18.2 Å². The second-order valence-electron chi connectivity index (χ2n) is 6.54. The molecule has 1 aliphatic rings. The Bertz CT molecular complexity index is 990. The monoisotopic (exact) mass is 333 g/mol. The molecule has 3 aromatic rings. The number of amides is 2. The summed E-state index contributed by atoms with van der Waals surface area (Å²) in [6.45, 7) is 3.91. The summed E-state index contributed by atoms with van der Waals surface area (Å²) < 4.78 is 0. The summed E-state index contributed by atoms with van der Waals surface area (Å²) in [4.78, 5) is 29.7. The fourth-order valence-corrected chi connectivity index (χ4v) is 3.39. The number of fused-ring (bicyclic) bond motifs is 1. The first-order valence-electron chi connectivity index (χ1n) is 8.30. The predicted octanol–water partition coefficient (Wildman–Crippen LogP) is 3.53. The average molecular weight is 333 g/mol. The Morgan fingerprint density at radius 3 is 2.72 bits per heavy atom. The summed E-state index contributed by atoms with van der Waals surface area (Å²) in [5.41, 5.74) is 4.52. The molecule has 1 fully saturated rings. The maximum Gasteiger partial charge on any atom is 0.256 e. The van der Waals surface area contributed by atoms with E-state index in [1.165, 1.54) is 4.90 Å². The van der Waals surface area contributed by atoms with Gasteiger partial charge in [-0.1, -0.05) is 23.8 Å². The van der Waals surface area contributed by atoms with Crippen LogP contribution >= 0.6 is 0 Å². The molecule has 25 heavy (non-hydrogen) atoms. The summed E-state index contributed by atoms with van der Waals surface area (Å²) in [7, 11) is 0. The van der Waals surface area contributed by atoms with Gasteiger partial charge < -0.3 is 10.3 Å². The van der Waals surface area contributed by atoms with Crippen LogP contribution in [0.1, 0.15) is 17.5 Å². The third-order valence-corrected chi connectivity index (χ3v) is 4.64. The minimum absolute atomic E-state index is 0.162. The number of hydrogen-bond donors (Lipinski definition) is 2. The second kappa shape index (κ2) is 5.77. The fourth-order valence-electron chi connectivity index (χ4n) is 3.39. The largest absolute Gasteiger partial charge is 0.373 e. The van der Waals surface area contributed by atoms with Crippen molar-refractivity contribution >= 4 is 34.1 Å². The highest BCUT2D eigenvalue weighted by Crippen LogP contribution is 2.29. The Hall–Kier alpha value is -3.08. The minimum atomic E-state index is -0.541. The Balaban J connectivity index is 1.60. The van der Waals surface area contributed by atoms with Gasteiger partial charge in [0.2, 0.25) is 5.91 Å². The molecule has 5 heteroatoms. The first-order chi connectivity index (χ1) is 12.0. The van der Waals surface area contributed by atoms with Crippen LogP contribution in [0.15, 0.2) is 48.7 Å². The Kier molecular flexibility index (Phi) is 3.57. The van der Waals surface area contributed by atoms with Crippen molar-refractivity contribution in [3.05, 3.63) is 59.8 Å². The van der Waals surface area contributed by atoms with Crippen molar-refractivity contribution in [1.82, 2.24) is 4.98 Å². The number of carbonyl (C=O) groups excluding carboxylic acids is 2. The minimum Gasteiger partial charge on any atom is -0.373 e. The van der Waals surface area contributed by atoms with Gasteiger partial charge in [-0.3, -0.25) is 9.59 Å². The van der Waals surface area contributed by atoms with E-state index in [0.717, 1.165) is 27.7 Å². The van der Waals surface area contributed by atoms with Crippen LogP contribution in [0.5, 0.6) is 0 Å². The van der Waals surface area contributed by atoms with E-state index < -0.39 is 6.04 Å². The average Bonchev–Trinajstić information content (AvgIpc) is 3.13. The van der Waals surface area contributed by atoms with Gasteiger partial charge in [-0.25, -0.2) is 4.90 Å². The van der Waals surface area contributed by atoms with Gasteiger partial charge in [0.15, 0.2) is 0 Å². The summed E-state index contributed by atoms with van der Waals surface area (Å²) in [6, 6.07) is 13.1. The highest BCUT2D eigenvalue weighted by atomic mass is 16.2. The maximum absolute atomic E-state index is 12.8. The third-order valence-electron chi connectivity index (χ3n) is 4.64. The van der Waals surface area contributed by atoms with Crippen LogP contribution in [0.3, 0.4) is 0 Å². The zero-order valence-electron chi connectivity index (χ0n) is 14.2. The third kappa shape index (κ3) is 2.67. The smallest absolute Gasteiger partial charge is 0.256 e. The summed E-state index contributed by atoms with van der Waals surface area (Å²) in [5, 5.41) is 4.31. The zero-order valence-corrected chi connectivity index (χ0v) is 14.2. The van der Waals surface area contributed by atoms with Crippen LogP contribution in [0.4, 0.5) is 11.4 Å². The number of imide groups is 1. The number of nitrogens with one attached hydrogen (secondary N) is 2. The zero-order chi connectivity index (χ0) is 17.6. The summed E-state index contributed by atoms with van der Waals surface area (Å²) in [5.74, 6) is -0.376. The molecule has 1 aromatic heterocycles. The fraction of sp³-hybridized carbons (Fsp3) is 0.200. The molecule has 5 nitrogen and oxygen atoms in total. The van der Waals surface area contributed by atoms with Gasteiger partial charge in [-0.05, 0) is 49.1 Å². The van der Waals surface area contributed by atoms with Crippen LogP contribution < -0.4 is 10.2 Å². The van der Waals surface area contributed by atoms with E-state index in [1.807, 2.05) is 62.5 Å². The number of rotatable bonds is 3. The van der Waals surface area contributed by atoms with E-state index in [0.29, 0.717) is 5.69 Å². The quantitative estimate of drug-likeness (QED) is 0.721. The molecule has 2 heterocycles. The predicted molar refractivity (Wildman–Crippen MR) is 98.7 cm³/mol. The molecule has 2 aromatic carbocycles. The molecule has 0 radical (unpaired) electrons. The number of benzene rings is 2. The van der Waals surface area contributed by atoms with Crippen LogP contribution in [0.25, 0.3) is 10.9 Å². The van der Waals surface area contributed by atoms with Gasteiger partial charge >= 0.3 is 0 Å². The lowest BCUT2D eigenvalue weighted by molar-refractivity contribution is -0.121. The van der Waals surface area contributed by atoms with Crippen molar-refractivity contribution in [2.45, 2.75) is 26.3 Å². The lowest BCUT2D eigenvalue weighted by atomic mass is 10.1. The van der Waals surface area contributed by atoms with Crippen molar-refractivity contribution in [2.24, 2.45) is 0 Å². The number of nitrogens with zero attached hydrogens (tertiary/aromatic N) is 1. The van der Waals surface area contributed by atoms with Gasteiger partial charge in [0, 0.05) is 17.4 Å². The van der Waals surface area contributed by atoms with Gasteiger partial charge in [0.1, 0.15) is 6.04 Å². The molecule has 0 aliphatic carbocycles. The molecule has 1 saturated heterocycles. The molecule has 1 atom stereocenters. The Labute approximate surface area is 145 Å². The Morgan fingerprint density at radius 1 is 1.08 bits per heavy atom. The molecule has 0 saturated carbocycles. The standard InChI is InChI=1S/C20H19N3O2/c1-12-3-6-18(13(2)9-12)23-19(24)11-17(20(23)25)22-15-5-4-14-7-8-21-16(14)10-15/h3-10,17,21-22H,11H2,1-2H3. The summed E-state index contributed by atoms with van der Waals surface area (Å²) >= 11 is 0. The van der Waals surface area contributed by atoms with Crippen LogP contribution in [0.2, 0.25) is 0 Å². The molecular formula is C20H19N3O2. The normalized spacial score (nSPS) is 17.5. The first-order valence-corrected chi connectivity index (χ1v) is 8.30. The highest BCUT2D eigenvalue weighted by molar-refractivity contribution is 6.23. The molecule has 1 aliphatic heterocycles.